The Bertz CT molecular complexity index is 639. The highest BCUT2D eigenvalue weighted by molar-refractivity contribution is 5.82. The summed E-state index contributed by atoms with van der Waals surface area (Å²) in [4.78, 5) is 26.4. The van der Waals surface area contributed by atoms with E-state index in [9.17, 15) is 4.79 Å². The molecular formula is C17H22N4O2. The van der Waals surface area contributed by atoms with Gasteiger partial charge in [0.15, 0.2) is 0 Å². The number of morpholine rings is 1. The lowest BCUT2D eigenvalue weighted by Crippen LogP contribution is -2.43. The van der Waals surface area contributed by atoms with Crippen molar-refractivity contribution in [1.82, 2.24) is 14.9 Å². The second-order valence-electron chi connectivity index (χ2n) is 7.14. The van der Waals surface area contributed by atoms with Crippen molar-refractivity contribution in [3.63, 3.8) is 0 Å². The number of fused-ring (bicyclic) bond motifs is 4. The van der Waals surface area contributed by atoms with E-state index in [0.29, 0.717) is 17.9 Å². The molecule has 0 radical (unpaired) electrons. The van der Waals surface area contributed by atoms with Crippen molar-refractivity contribution in [2.24, 2.45) is 5.92 Å². The van der Waals surface area contributed by atoms with Gasteiger partial charge in [0, 0.05) is 43.2 Å². The van der Waals surface area contributed by atoms with E-state index in [1.807, 2.05) is 6.20 Å². The average molecular weight is 314 g/mol. The first-order valence-corrected chi connectivity index (χ1v) is 8.82. The number of hydrogen-bond donors (Lipinski definition) is 0. The molecule has 0 unspecified atom stereocenters. The summed E-state index contributed by atoms with van der Waals surface area (Å²) in [7, 11) is 0. The Morgan fingerprint density at radius 2 is 2.00 bits per heavy atom. The molecule has 3 fully saturated rings. The van der Waals surface area contributed by atoms with Crippen LogP contribution in [0.3, 0.4) is 0 Å². The molecule has 1 saturated carbocycles. The molecule has 23 heavy (non-hydrogen) atoms. The van der Waals surface area contributed by atoms with Gasteiger partial charge >= 0.3 is 0 Å². The number of amides is 1. The highest BCUT2D eigenvalue weighted by atomic mass is 16.5. The molecule has 1 aromatic heterocycles. The molecule has 1 amide bonds. The van der Waals surface area contributed by atoms with Crippen LogP contribution in [0.15, 0.2) is 6.20 Å². The van der Waals surface area contributed by atoms with Crippen molar-refractivity contribution in [2.45, 2.75) is 44.2 Å². The average Bonchev–Trinajstić information content (AvgIpc) is 3.39. The van der Waals surface area contributed by atoms with Crippen molar-refractivity contribution in [3.05, 3.63) is 17.5 Å². The number of anilines is 1. The van der Waals surface area contributed by atoms with Crippen LogP contribution in [0.1, 0.15) is 43.0 Å². The molecule has 4 heterocycles. The molecule has 3 aliphatic heterocycles. The van der Waals surface area contributed by atoms with Crippen LogP contribution in [-0.2, 0) is 16.0 Å². The summed E-state index contributed by atoms with van der Waals surface area (Å²) >= 11 is 0. The number of ether oxygens (including phenoxy) is 1. The molecule has 2 bridgehead atoms. The molecule has 6 heteroatoms. The number of hydrogen-bond acceptors (Lipinski definition) is 5. The van der Waals surface area contributed by atoms with Gasteiger partial charge in [-0.25, -0.2) is 9.97 Å². The number of nitrogens with zero attached hydrogens (tertiary/aromatic N) is 4. The van der Waals surface area contributed by atoms with Crippen LogP contribution in [0, 0.1) is 5.92 Å². The van der Waals surface area contributed by atoms with Crippen molar-refractivity contribution >= 4 is 11.9 Å². The van der Waals surface area contributed by atoms with Gasteiger partial charge in [-0.2, -0.15) is 0 Å². The third kappa shape index (κ3) is 2.23. The predicted molar refractivity (Wildman–Crippen MR) is 84.1 cm³/mol. The lowest BCUT2D eigenvalue weighted by molar-refractivity contribution is -0.136. The molecule has 0 N–H and O–H groups in total. The second-order valence-corrected chi connectivity index (χ2v) is 7.14. The first kappa shape index (κ1) is 13.7. The van der Waals surface area contributed by atoms with E-state index in [4.69, 9.17) is 9.72 Å². The van der Waals surface area contributed by atoms with E-state index < -0.39 is 0 Å². The van der Waals surface area contributed by atoms with Crippen molar-refractivity contribution in [2.75, 3.05) is 31.2 Å². The summed E-state index contributed by atoms with van der Waals surface area (Å²) in [6, 6.07) is 0.573. The van der Waals surface area contributed by atoms with Gasteiger partial charge in [0.1, 0.15) is 0 Å². The normalized spacial score (nSPS) is 29.6. The van der Waals surface area contributed by atoms with Gasteiger partial charge in [0.2, 0.25) is 11.9 Å². The fourth-order valence-corrected chi connectivity index (χ4v) is 4.26. The number of rotatable bonds is 2. The van der Waals surface area contributed by atoms with Crippen LogP contribution in [-0.4, -0.2) is 53.1 Å². The molecule has 4 aliphatic rings. The van der Waals surface area contributed by atoms with Gasteiger partial charge in [-0.3, -0.25) is 4.79 Å². The summed E-state index contributed by atoms with van der Waals surface area (Å²) in [6.07, 6.45) is 7.20. The third-order valence-corrected chi connectivity index (χ3v) is 5.65. The van der Waals surface area contributed by atoms with Crippen LogP contribution < -0.4 is 4.90 Å². The molecule has 6 nitrogen and oxygen atoms in total. The van der Waals surface area contributed by atoms with Crippen molar-refractivity contribution in [3.8, 4) is 0 Å². The standard InChI is InChI=1S/C17H22N4O2/c22-16(11-1-2-11)21-12-3-4-15(21)13-10-18-17(19-14(13)9-12)20-5-7-23-8-6-20/h10-12,15H,1-9H2/t12-,15-/m0/s1. The second kappa shape index (κ2) is 5.16. The summed E-state index contributed by atoms with van der Waals surface area (Å²) < 4.78 is 5.41. The van der Waals surface area contributed by atoms with Crippen molar-refractivity contribution < 1.29 is 9.53 Å². The van der Waals surface area contributed by atoms with E-state index in [1.54, 1.807) is 0 Å². The maximum absolute atomic E-state index is 12.6. The summed E-state index contributed by atoms with van der Waals surface area (Å²) in [5, 5.41) is 0. The van der Waals surface area contributed by atoms with Gasteiger partial charge < -0.3 is 14.5 Å². The van der Waals surface area contributed by atoms with E-state index in [2.05, 4.69) is 14.8 Å². The smallest absolute Gasteiger partial charge is 0.226 e. The van der Waals surface area contributed by atoms with Crippen LogP contribution in [0.5, 0.6) is 0 Å². The molecular weight excluding hydrogens is 292 g/mol. The Balaban J connectivity index is 1.44. The summed E-state index contributed by atoms with van der Waals surface area (Å²) in [5.74, 6) is 1.50. The molecule has 5 rings (SSSR count). The maximum Gasteiger partial charge on any atom is 0.226 e. The van der Waals surface area contributed by atoms with Crippen LogP contribution in [0.2, 0.25) is 0 Å². The molecule has 0 spiro atoms. The maximum atomic E-state index is 12.6. The molecule has 122 valence electrons. The Morgan fingerprint density at radius 1 is 1.17 bits per heavy atom. The minimum Gasteiger partial charge on any atom is -0.378 e. The first-order valence-electron chi connectivity index (χ1n) is 8.82. The van der Waals surface area contributed by atoms with Crippen molar-refractivity contribution in [1.29, 1.82) is 0 Å². The van der Waals surface area contributed by atoms with Gasteiger partial charge in [-0.15, -0.1) is 0 Å². The van der Waals surface area contributed by atoms with Gasteiger partial charge in [0.25, 0.3) is 0 Å². The Kier molecular flexibility index (Phi) is 3.08. The fourth-order valence-electron chi connectivity index (χ4n) is 4.26. The minimum atomic E-state index is 0.218. The van der Waals surface area contributed by atoms with Gasteiger partial charge in [0.05, 0.1) is 24.9 Å². The zero-order chi connectivity index (χ0) is 15.4. The quantitative estimate of drug-likeness (QED) is 0.824. The lowest BCUT2D eigenvalue weighted by Gasteiger charge is -2.36. The Labute approximate surface area is 135 Å². The van der Waals surface area contributed by atoms with Gasteiger partial charge in [-0.05, 0) is 25.7 Å². The number of aromatic nitrogens is 2. The lowest BCUT2D eigenvalue weighted by atomic mass is 9.98. The highest BCUT2D eigenvalue weighted by Crippen LogP contribution is 2.46. The topological polar surface area (TPSA) is 58.6 Å². The largest absolute Gasteiger partial charge is 0.378 e. The fraction of sp³-hybridized carbons (Fsp3) is 0.706. The van der Waals surface area contributed by atoms with E-state index in [0.717, 1.165) is 70.0 Å². The summed E-state index contributed by atoms with van der Waals surface area (Å²) in [5.41, 5.74) is 2.35. The number of carbonyl (C=O) groups excluding carboxylic acids is 1. The zero-order valence-corrected chi connectivity index (χ0v) is 13.3. The van der Waals surface area contributed by atoms with Crippen LogP contribution in [0.25, 0.3) is 0 Å². The molecule has 1 aromatic rings. The zero-order valence-electron chi connectivity index (χ0n) is 13.3. The Hall–Kier alpha value is -1.69. The van der Waals surface area contributed by atoms with E-state index in [-0.39, 0.29) is 6.04 Å². The molecule has 2 atom stereocenters. The van der Waals surface area contributed by atoms with Gasteiger partial charge in [-0.1, -0.05) is 0 Å². The molecule has 1 aliphatic carbocycles. The van der Waals surface area contributed by atoms with E-state index in [1.165, 1.54) is 5.56 Å². The SMILES string of the molecule is O=C(C1CC1)N1[C@H]2CC[C@H]1c1cnc(N3CCOCC3)nc1C2. The number of carbonyl (C=O) groups is 1. The molecule has 0 aromatic carbocycles. The van der Waals surface area contributed by atoms with Crippen LogP contribution >= 0.6 is 0 Å². The Morgan fingerprint density at radius 3 is 2.78 bits per heavy atom. The molecule has 2 saturated heterocycles. The van der Waals surface area contributed by atoms with E-state index >= 15 is 0 Å². The monoisotopic (exact) mass is 314 g/mol. The summed E-state index contributed by atoms with van der Waals surface area (Å²) in [6.45, 7) is 3.21. The third-order valence-electron chi connectivity index (χ3n) is 5.65. The van der Waals surface area contributed by atoms with Crippen LogP contribution in [0.4, 0.5) is 5.95 Å². The highest BCUT2D eigenvalue weighted by Gasteiger charge is 2.47. The first-order chi connectivity index (χ1) is 11.3. The minimum absolute atomic E-state index is 0.218. The predicted octanol–water partition coefficient (Wildman–Crippen LogP) is 1.31.